The molecule has 2 N–H and O–H groups in total. The fourth-order valence-electron chi connectivity index (χ4n) is 3.56. The summed E-state index contributed by atoms with van der Waals surface area (Å²) in [7, 11) is -4.27. The first-order chi connectivity index (χ1) is 15.8. The molecule has 6 nitrogen and oxygen atoms in total. The van der Waals surface area contributed by atoms with Gasteiger partial charge in [-0.3, -0.25) is 14.5 Å². The molecule has 0 saturated heterocycles. The van der Waals surface area contributed by atoms with E-state index < -0.39 is 26.6 Å². The monoisotopic (exact) mass is 483 g/mol. The molecule has 10 heteroatoms. The number of pyridine rings is 1. The molecule has 2 aromatic carbocycles. The van der Waals surface area contributed by atoms with Crippen molar-refractivity contribution < 1.29 is 22.0 Å². The molecule has 0 aliphatic carbocycles. The lowest BCUT2D eigenvalue weighted by Crippen LogP contribution is -2.15. The number of carbonyl (C=O) groups excluding carboxylic acids is 1. The van der Waals surface area contributed by atoms with E-state index >= 15 is 0 Å². The number of carbonyl (C=O) groups is 1. The zero-order chi connectivity index (χ0) is 23.2. The van der Waals surface area contributed by atoms with E-state index in [0.29, 0.717) is 18.1 Å². The normalized spacial score (nSPS) is 13.0. The van der Waals surface area contributed by atoms with Crippen LogP contribution in [-0.2, 0) is 21.2 Å². The molecule has 0 fully saturated rings. The Balaban J connectivity index is 1.41. The molecule has 0 spiro atoms. The van der Waals surface area contributed by atoms with Crippen LogP contribution in [0.4, 0.5) is 20.2 Å². The van der Waals surface area contributed by atoms with Gasteiger partial charge in [0.15, 0.2) is 0 Å². The summed E-state index contributed by atoms with van der Waals surface area (Å²) >= 11 is 1.49. The summed E-state index contributed by atoms with van der Waals surface area (Å²) in [5.41, 5.74) is 3.55. The van der Waals surface area contributed by atoms with Crippen molar-refractivity contribution in [3.63, 3.8) is 0 Å². The molecule has 2 aromatic heterocycles. The number of thiophene rings is 1. The maximum absolute atomic E-state index is 14.0. The average Bonchev–Trinajstić information content (AvgIpc) is 3.38. The summed E-state index contributed by atoms with van der Waals surface area (Å²) in [5.74, 6) is -2.07. The molecule has 3 heterocycles. The van der Waals surface area contributed by atoms with Crippen LogP contribution in [0, 0.1) is 11.6 Å². The third-order valence-electron chi connectivity index (χ3n) is 5.08. The summed E-state index contributed by atoms with van der Waals surface area (Å²) in [5, 5.41) is 2.81. The van der Waals surface area contributed by atoms with Gasteiger partial charge in [0, 0.05) is 33.3 Å². The van der Waals surface area contributed by atoms with E-state index in [2.05, 4.69) is 15.0 Å². The summed E-state index contributed by atoms with van der Waals surface area (Å²) < 4.78 is 54.5. The van der Waals surface area contributed by atoms with Gasteiger partial charge in [0.05, 0.1) is 18.3 Å². The minimum Gasteiger partial charge on any atom is -0.326 e. The Morgan fingerprint density at radius 2 is 1.73 bits per heavy atom. The molecule has 1 amide bonds. The SMILES string of the molecule is O=C1Cc2cc(-c3ccc(-c4cncc(NS(=O)(=O)c5ccc(F)cc5F)c4)s3)ccc2N1. The van der Waals surface area contributed by atoms with E-state index in [1.54, 1.807) is 12.3 Å². The third-order valence-corrected chi connectivity index (χ3v) is 7.68. The number of benzene rings is 2. The van der Waals surface area contributed by atoms with Gasteiger partial charge in [-0.25, -0.2) is 17.2 Å². The van der Waals surface area contributed by atoms with E-state index in [-0.39, 0.29) is 11.6 Å². The lowest BCUT2D eigenvalue weighted by atomic mass is 10.1. The summed E-state index contributed by atoms with van der Waals surface area (Å²) in [4.78, 5) is 16.9. The quantitative estimate of drug-likeness (QED) is 0.416. The fourth-order valence-corrected chi connectivity index (χ4v) is 5.64. The van der Waals surface area contributed by atoms with Crippen molar-refractivity contribution >= 4 is 38.6 Å². The van der Waals surface area contributed by atoms with Crippen molar-refractivity contribution in [3.05, 3.63) is 84.2 Å². The van der Waals surface area contributed by atoms with Crippen LogP contribution in [0.2, 0.25) is 0 Å². The number of aromatic nitrogens is 1. The van der Waals surface area contributed by atoms with E-state index in [9.17, 15) is 22.0 Å². The highest BCUT2D eigenvalue weighted by molar-refractivity contribution is 7.92. The van der Waals surface area contributed by atoms with Crippen LogP contribution in [0.1, 0.15) is 5.56 Å². The number of hydrogen-bond acceptors (Lipinski definition) is 5. The van der Waals surface area contributed by atoms with Crippen molar-refractivity contribution in [1.82, 2.24) is 4.98 Å². The zero-order valence-corrected chi connectivity index (χ0v) is 18.4. The largest absolute Gasteiger partial charge is 0.326 e. The van der Waals surface area contributed by atoms with E-state index in [0.717, 1.165) is 38.7 Å². The second-order valence-electron chi connectivity index (χ2n) is 7.40. The van der Waals surface area contributed by atoms with Crippen LogP contribution in [0.25, 0.3) is 20.9 Å². The molecule has 0 saturated carbocycles. The highest BCUT2D eigenvalue weighted by atomic mass is 32.2. The number of fused-ring (bicyclic) bond motifs is 1. The van der Waals surface area contributed by atoms with Gasteiger partial charge in [-0.1, -0.05) is 6.07 Å². The number of amides is 1. The Morgan fingerprint density at radius 1 is 0.939 bits per heavy atom. The summed E-state index contributed by atoms with van der Waals surface area (Å²) in [6.07, 6.45) is 3.25. The topological polar surface area (TPSA) is 88.2 Å². The molecule has 0 atom stereocenters. The highest BCUT2D eigenvalue weighted by Gasteiger charge is 2.21. The average molecular weight is 484 g/mol. The van der Waals surface area contributed by atoms with Gasteiger partial charge in [-0.05, 0) is 53.6 Å². The van der Waals surface area contributed by atoms with Crippen LogP contribution in [0.15, 0.2) is 71.9 Å². The first-order valence-electron chi connectivity index (χ1n) is 9.75. The number of nitrogens with zero attached hydrogens (tertiary/aromatic N) is 1. The van der Waals surface area contributed by atoms with Gasteiger partial charge in [0.25, 0.3) is 10.0 Å². The lowest BCUT2D eigenvalue weighted by Gasteiger charge is -2.09. The molecule has 5 rings (SSSR count). The van der Waals surface area contributed by atoms with E-state index in [1.165, 1.54) is 17.5 Å². The number of hydrogen-bond donors (Lipinski definition) is 2. The van der Waals surface area contributed by atoms with Gasteiger partial charge in [-0.15, -0.1) is 11.3 Å². The molecule has 1 aliphatic rings. The van der Waals surface area contributed by atoms with Crippen LogP contribution >= 0.6 is 11.3 Å². The van der Waals surface area contributed by atoms with E-state index in [1.807, 2.05) is 30.3 Å². The number of halogens is 2. The number of anilines is 2. The smallest absolute Gasteiger partial charge is 0.264 e. The Labute approximate surface area is 192 Å². The minimum atomic E-state index is -4.27. The molecular weight excluding hydrogens is 468 g/mol. The zero-order valence-electron chi connectivity index (χ0n) is 16.8. The van der Waals surface area contributed by atoms with Crippen molar-refractivity contribution in [2.24, 2.45) is 0 Å². The first kappa shape index (κ1) is 21.2. The number of sulfonamides is 1. The van der Waals surface area contributed by atoms with Gasteiger partial charge in [-0.2, -0.15) is 0 Å². The molecule has 0 bridgehead atoms. The van der Waals surface area contributed by atoms with Crippen LogP contribution in [0.5, 0.6) is 0 Å². The maximum Gasteiger partial charge on any atom is 0.264 e. The fraction of sp³-hybridized carbons (Fsp3) is 0.0435. The van der Waals surface area contributed by atoms with Crippen molar-refractivity contribution in [2.45, 2.75) is 11.3 Å². The second-order valence-corrected chi connectivity index (χ2v) is 10.1. The van der Waals surface area contributed by atoms with E-state index in [4.69, 9.17) is 0 Å². The molecule has 33 heavy (non-hydrogen) atoms. The molecular formula is C23H15F2N3O3S2. The molecule has 166 valence electrons. The Bertz CT molecular complexity index is 1520. The lowest BCUT2D eigenvalue weighted by molar-refractivity contribution is -0.115. The molecule has 1 aliphatic heterocycles. The third kappa shape index (κ3) is 4.22. The minimum absolute atomic E-state index is 0.0279. The maximum atomic E-state index is 14.0. The van der Waals surface area contributed by atoms with Crippen molar-refractivity contribution in [1.29, 1.82) is 0 Å². The highest BCUT2D eigenvalue weighted by Crippen LogP contribution is 2.37. The standard InChI is InChI=1S/C23H15F2N3O3S2/c24-16-2-6-22(18(25)10-16)33(30,31)28-17-8-15(11-26-12-17)21-5-4-20(32-21)13-1-3-19-14(7-13)9-23(29)27-19/h1-8,10-12,28H,9H2,(H,27,29). The molecule has 0 unspecified atom stereocenters. The number of nitrogens with one attached hydrogen (secondary N) is 2. The van der Waals surface area contributed by atoms with Gasteiger partial charge < -0.3 is 5.32 Å². The Hall–Kier alpha value is -3.63. The van der Waals surface area contributed by atoms with Crippen LogP contribution in [-0.4, -0.2) is 19.3 Å². The molecule has 4 aromatic rings. The van der Waals surface area contributed by atoms with Crippen molar-refractivity contribution in [3.8, 4) is 20.9 Å². The van der Waals surface area contributed by atoms with Crippen LogP contribution in [0.3, 0.4) is 0 Å². The Morgan fingerprint density at radius 3 is 2.52 bits per heavy atom. The van der Waals surface area contributed by atoms with Gasteiger partial charge in [0.1, 0.15) is 16.5 Å². The summed E-state index contributed by atoms with van der Waals surface area (Å²) in [6.45, 7) is 0. The molecule has 0 radical (unpaired) electrons. The number of rotatable bonds is 5. The summed E-state index contributed by atoms with van der Waals surface area (Å²) in [6, 6.07) is 13.5. The van der Waals surface area contributed by atoms with Gasteiger partial charge >= 0.3 is 0 Å². The second kappa shape index (κ2) is 8.05. The Kier molecular flexibility index (Phi) is 5.18. The van der Waals surface area contributed by atoms with Crippen molar-refractivity contribution in [2.75, 3.05) is 10.0 Å². The predicted molar refractivity (Wildman–Crippen MR) is 122 cm³/mol. The predicted octanol–water partition coefficient (Wildman–Crippen LogP) is 5.05. The van der Waals surface area contributed by atoms with Crippen LogP contribution < -0.4 is 10.0 Å². The first-order valence-corrected chi connectivity index (χ1v) is 12.0. The van der Waals surface area contributed by atoms with Gasteiger partial charge in [0.2, 0.25) is 5.91 Å².